The summed E-state index contributed by atoms with van der Waals surface area (Å²) in [5, 5.41) is 20.8. The lowest BCUT2D eigenvalue weighted by atomic mass is 9.99. The number of nitrogens with two attached hydrogens (primary N) is 1. The molecule has 3 aromatic rings. The van der Waals surface area contributed by atoms with Gasteiger partial charge in [0.1, 0.15) is 5.75 Å². The van der Waals surface area contributed by atoms with Gasteiger partial charge in [0.05, 0.1) is 5.69 Å². The maximum Gasteiger partial charge on any atom is 0.345 e. The van der Waals surface area contributed by atoms with Gasteiger partial charge in [-0.15, -0.1) is 0 Å². The highest BCUT2D eigenvalue weighted by Crippen LogP contribution is 2.38. The topological polar surface area (TPSA) is 125 Å². The van der Waals surface area contributed by atoms with Gasteiger partial charge in [-0.1, -0.05) is 13.0 Å². The molecule has 3 atom stereocenters. The summed E-state index contributed by atoms with van der Waals surface area (Å²) < 4.78 is 2.20. The molecule has 8 nitrogen and oxygen atoms in total. The second-order valence-corrected chi connectivity index (χ2v) is 9.60. The van der Waals surface area contributed by atoms with E-state index in [1.54, 1.807) is 0 Å². The molecule has 1 saturated heterocycles. The van der Waals surface area contributed by atoms with Gasteiger partial charge in [-0.25, -0.2) is 4.79 Å². The van der Waals surface area contributed by atoms with Crippen LogP contribution in [-0.2, 0) is 20.0 Å². The number of H-pyrrole nitrogens is 1. The molecule has 0 spiro atoms. The number of pyridine rings is 1. The first-order valence-electron chi connectivity index (χ1n) is 11.5. The number of carboxylic acids is 1. The SMILES string of the molecule is CCc1c(-c2ccc3c(c2)cc(CN2C[C@H]4CC(N)C[C@H]4C2)n3C)[nH]c(=O)c(C(=O)O)c1O. The predicted molar refractivity (Wildman–Crippen MR) is 126 cm³/mol. The highest BCUT2D eigenvalue weighted by atomic mass is 16.4. The number of aromatic carboxylic acids is 1. The molecule has 1 aliphatic heterocycles. The molecule has 2 aromatic heterocycles. The number of benzene rings is 1. The van der Waals surface area contributed by atoms with Gasteiger partial charge in [-0.2, -0.15) is 0 Å². The van der Waals surface area contributed by atoms with Gasteiger partial charge in [-0.05, 0) is 54.9 Å². The molecule has 1 aromatic carbocycles. The molecule has 8 heteroatoms. The van der Waals surface area contributed by atoms with E-state index in [-0.39, 0.29) is 0 Å². The van der Waals surface area contributed by atoms with E-state index in [0.29, 0.717) is 35.6 Å². The van der Waals surface area contributed by atoms with E-state index in [1.165, 1.54) is 5.69 Å². The third-order valence-corrected chi connectivity index (χ3v) is 7.54. The van der Waals surface area contributed by atoms with Crippen LogP contribution in [0, 0.1) is 11.8 Å². The molecular weight excluding hydrogens is 420 g/mol. The fourth-order valence-electron chi connectivity index (χ4n) is 5.93. The van der Waals surface area contributed by atoms with Crippen LogP contribution < -0.4 is 11.3 Å². The Morgan fingerprint density at radius 1 is 1.21 bits per heavy atom. The third kappa shape index (κ3) is 3.63. The standard InChI is InChI=1S/C25H30N4O4/c1-3-19-22(27-24(31)21(23(19)30)25(32)33)13-4-5-20-14(6-13)9-18(28(20)2)12-29-10-15-7-17(26)8-16(15)11-29/h4-6,9,15-17H,3,7-8,10-12,26H2,1-2H3,(H,32,33)(H2,27,30,31)/t15-,16+,17?. The number of aromatic amines is 1. The van der Waals surface area contributed by atoms with E-state index in [0.717, 1.165) is 48.9 Å². The van der Waals surface area contributed by atoms with Crippen LogP contribution in [0.5, 0.6) is 5.75 Å². The lowest BCUT2D eigenvalue weighted by molar-refractivity contribution is 0.0691. The molecule has 1 saturated carbocycles. The summed E-state index contributed by atoms with van der Waals surface area (Å²) in [4.78, 5) is 29.0. The number of likely N-dealkylation sites (tertiary alicyclic amines) is 1. The van der Waals surface area contributed by atoms with Crippen LogP contribution in [0.3, 0.4) is 0 Å². The maximum atomic E-state index is 12.3. The Labute approximate surface area is 191 Å². The van der Waals surface area contributed by atoms with Crippen LogP contribution in [0.4, 0.5) is 0 Å². The average Bonchev–Trinajstić information content (AvgIpc) is 3.38. The maximum absolute atomic E-state index is 12.3. The van der Waals surface area contributed by atoms with Gasteiger partial charge >= 0.3 is 5.97 Å². The molecule has 5 N–H and O–H groups in total. The van der Waals surface area contributed by atoms with Crippen molar-refractivity contribution >= 4 is 16.9 Å². The summed E-state index contributed by atoms with van der Waals surface area (Å²) in [6, 6.07) is 8.43. The molecule has 2 fully saturated rings. The summed E-state index contributed by atoms with van der Waals surface area (Å²) >= 11 is 0. The fraction of sp³-hybridized carbons (Fsp3) is 0.440. The van der Waals surface area contributed by atoms with Crippen LogP contribution in [0.1, 0.15) is 41.4 Å². The van der Waals surface area contributed by atoms with Crippen molar-refractivity contribution in [2.24, 2.45) is 24.6 Å². The molecule has 33 heavy (non-hydrogen) atoms. The number of aryl methyl sites for hydroxylation is 1. The highest BCUT2D eigenvalue weighted by Gasteiger charge is 2.39. The molecule has 1 unspecified atom stereocenters. The van der Waals surface area contributed by atoms with Gasteiger partial charge in [0.25, 0.3) is 5.56 Å². The first-order valence-corrected chi connectivity index (χ1v) is 11.5. The van der Waals surface area contributed by atoms with Crippen molar-refractivity contribution in [1.82, 2.24) is 14.5 Å². The Morgan fingerprint density at radius 3 is 2.55 bits per heavy atom. The molecular formula is C25H30N4O4. The van der Waals surface area contributed by atoms with Gasteiger partial charge in [-0.3, -0.25) is 9.69 Å². The van der Waals surface area contributed by atoms with E-state index in [9.17, 15) is 19.8 Å². The average molecular weight is 451 g/mol. The van der Waals surface area contributed by atoms with Crippen molar-refractivity contribution in [3.8, 4) is 17.0 Å². The monoisotopic (exact) mass is 450 g/mol. The number of fused-ring (bicyclic) bond motifs is 2. The number of aromatic hydroxyl groups is 1. The second-order valence-electron chi connectivity index (χ2n) is 9.60. The van der Waals surface area contributed by atoms with Crippen molar-refractivity contribution in [2.75, 3.05) is 13.1 Å². The van der Waals surface area contributed by atoms with Crippen LogP contribution in [0.25, 0.3) is 22.2 Å². The summed E-state index contributed by atoms with van der Waals surface area (Å²) in [6.45, 7) is 4.90. The van der Waals surface area contributed by atoms with Gasteiger partial charge in [0.2, 0.25) is 0 Å². The normalized spacial score (nSPS) is 22.8. The largest absolute Gasteiger partial charge is 0.506 e. The molecule has 2 aliphatic rings. The van der Waals surface area contributed by atoms with Crippen molar-refractivity contribution < 1.29 is 15.0 Å². The predicted octanol–water partition coefficient (Wildman–Crippen LogP) is 2.67. The van der Waals surface area contributed by atoms with Gasteiger partial charge in [0.15, 0.2) is 5.56 Å². The Bertz CT molecular complexity index is 1290. The summed E-state index contributed by atoms with van der Waals surface area (Å²) in [6.07, 6.45) is 2.65. The summed E-state index contributed by atoms with van der Waals surface area (Å²) in [5.41, 5.74) is 8.64. The highest BCUT2D eigenvalue weighted by molar-refractivity contribution is 5.92. The third-order valence-electron chi connectivity index (χ3n) is 7.54. The Balaban J connectivity index is 1.48. The van der Waals surface area contributed by atoms with Crippen LogP contribution >= 0.6 is 0 Å². The summed E-state index contributed by atoms with van der Waals surface area (Å²) in [7, 11) is 2.07. The summed E-state index contributed by atoms with van der Waals surface area (Å²) in [5.74, 6) is -0.470. The number of nitrogens with zero attached hydrogens (tertiary/aromatic N) is 2. The number of hydrogen-bond acceptors (Lipinski definition) is 5. The van der Waals surface area contributed by atoms with Crippen molar-refractivity contribution in [2.45, 2.75) is 38.8 Å². The molecule has 0 amide bonds. The number of carboxylic acid groups (broad SMARTS) is 1. The Morgan fingerprint density at radius 2 is 1.91 bits per heavy atom. The zero-order valence-electron chi connectivity index (χ0n) is 19.0. The molecule has 174 valence electrons. The number of carbonyl (C=O) groups is 1. The fourth-order valence-corrected chi connectivity index (χ4v) is 5.93. The second kappa shape index (κ2) is 8.04. The first kappa shape index (κ1) is 21.7. The molecule has 1 aliphatic carbocycles. The van der Waals surface area contributed by atoms with Crippen molar-refractivity contribution in [3.63, 3.8) is 0 Å². The van der Waals surface area contributed by atoms with E-state index < -0.39 is 22.8 Å². The number of rotatable bonds is 5. The van der Waals surface area contributed by atoms with E-state index >= 15 is 0 Å². The lowest BCUT2D eigenvalue weighted by Gasteiger charge is -2.18. The Hall–Kier alpha value is -3.10. The van der Waals surface area contributed by atoms with Gasteiger partial charge in [0, 0.05) is 54.9 Å². The molecule has 0 radical (unpaired) electrons. The minimum atomic E-state index is -1.44. The quantitative estimate of drug-likeness (QED) is 0.474. The van der Waals surface area contributed by atoms with Crippen LogP contribution in [0.2, 0.25) is 0 Å². The zero-order valence-corrected chi connectivity index (χ0v) is 19.0. The van der Waals surface area contributed by atoms with Gasteiger partial charge < -0.3 is 25.5 Å². The van der Waals surface area contributed by atoms with Crippen LogP contribution in [-0.4, -0.2) is 49.8 Å². The first-order chi connectivity index (χ1) is 15.8. The number of hydrogen-bond donors (Lipinski definition) is 4. The van der Waals surface area contributed by atoms with Crippen molar-refractivity contribution in [3.05, 3.63) is 51.4 Å². The Kier molecular flexibility index (Phi) is 5.29. The minimum Gasteiger partial charge on any atom is -0.506 e. The number of aromatic nitrogens is 2. The molecule has 0 bridgehead atoms. The smallest absolute Gasteiger partial charge is 0.345 e. The van der Waals surface area contributed by atoms with Crippen molar-refractivity contribution in [1.29, 1.82) is 0 Å². The van der Waals surface area contributed by atoms with E-state index in [2.05, 4.69) is 27.6 Å². The number of nitrogens with one attached hydrogen (secondary N) is 1. The zero-order chi connectivity index (χ0) is 23.4. The minimum absolute atomic E-state index is 0.363. The molecule has 5 rings (SSSR count). The van der Waals surface area contributed by atoms with E-state index in [1.807, 2.05) is 25.1 Å². The lowest BCUT2D eigenvalue weighted by Crippen LogP contribution is -2.25. The van der Waals surface area contributed by atoms with Crippen LogP contribution in [0.15, 0.2) is 29.1 Å². The van der Waals surface area contributed by atoms with E-state index in [4.69, 9.17) is 5.73 Å². The molecule has 3 heterocycles.